The van der Waals surface area contributed by atoms with Crippen LogP contribution in [0.2, 0.25) is 0 Å². The van der Waals surface area contributed by atoms with Crippen molar-refractivity contribution in [1.29, 1.82) is 0 Å². The van der Waals surface area contributed by atoms with Gasteiger partial charge in [0.25, 0.3) is 0 Å². The Morgan fingerprint density at radius 3 is 1.79 bits per heavy atom. The van der Waals surface area contributed by atoms with E-state index in [1.54, 1.807) is 20.9 Å². The molecule has 0 aliphatic heterocycles. The zero-order chi connectivity index (χ0) is 22.4. The number of rotatable bonds is 11. The molecule has 0 radical (unpaired) electrons. The molecule has 0 spiro atoms. The summed E-state index contributed by atoms with van der Waals surface area (Å²) < 4.78 is 0. The van der Waals surface area contributed by atoms with Gasteiger partial charge in [-0.25, -0.2) is 0 Å². The summed E-state index contributed by atoms with van der Waals surface area (Å²) >= 11 is 5.40. The molecular weight excluding hydrogens is 382 g/mol. The van der Waals surface area contributed by atoms with Crippen molar-refractivity contribution in [3.63, 3.8) is 0 Å². The average Bonchev–Trinajstić information content (AvgIpc) is 2.75. The van der Waals surface area contributed by atoms with E-state index < -0.39 is 0 Å². The van der Waals surface area contributed by atoms with E-state index in [2.05, 4.69) is 26.3 Å². The quantitative estimate of drug-likeness (QED) is 0.176. The molecule has 0 heterocycles. The molecule has 3 amide bonds. The lowest BCUT2D eigenvalue weighted by Gasteiger charge is -2.22. The van der Waals surface area contributed by atoms with Crippen LogP contribution in [-0.4, -0.2) is 62.2 Å². The first-order valence-electron chi connectivity index (χ1n) is 10.1. The maximum atomic E-state index is 11.7. The fourth-order valence-corrected chi connectivity index (χ4v) is 1.95. The first-order chi connectivity index (χ1) is 13.5. The molecule has 28 heavy (non-hydrogen) atoms. The molecule has 8 nitrogen and oxygen atoms in total. The van der Waals surface area contributed by atoms with Crippen LogP contribution < -0.4 is 21.3 Å². The van der Waals surface area contributed by atoms with E-state index in [9.17, 15) is 14.4 Å². The normalized spacial score (nSPS) is 10.9. The number of amidine groups is 1. The summed E-state index contributed by atoms with van der Waals surface area (Å²) in [6, 6.07) is -0.330. The molecule has 0 saturated heterocycles. The highest BCUT2D eigenvalue weighted by Gasteiger charge is 2.17. The van der Waals surface area contributed by atoms with E-state index in [1.165, 1.54) is 0 Å². The van der Waals surface area contributed by atoms with Crippen molar-refractivity contribution in [2.75, 3.05) is 32.6 Å². The number of alkyl halides is 1. The van der Waals surface area contributed by atoms with Gasteiger partial charge in [0.1, 0.15) is 11.7 Å². The van der Waals surface area contributed by atoms with Gasteiger partial charge in [0.15, 0.2) is 0 Å². The Morgan fingerprint density at radius 2 is 1.32 bits per heavy atom. The fourth-order valence-electron chi connectivity index (χ4n) is 1.85. The third kappa shape index (κ3) is 17.6. The zero-order valence-electron chi connectivity index (χ0n) is 18.6. The second-order valence-corrected chi connectivity index (χ2v) is 5.25. The lowest BCUT2D eigenvalue weighted by atomic mass is 10.1. The van der Waals surface area contributed by atoms with Crippen LogP contribution in [-0.2, 0) is 14.4 Å². The highest BCUT2D eigenvalue weighted by molar-refractivity contribution is 6.27. The minimum Gasteiger partial charge on any atom is -0.370 e. The van der Waals surface area contributed by atoms with Crippen LogP contribution in [0.1, 0.15) is 60.8 Å². The molecule has 1 atom stereocenters. The van der Waals surface area contributed by atoms with E-state index in [0.717, 1.165) is 0 Å². The van der Waals surface area contributed by atoms with Gasteiger partial charge in [0.05, 0.1) is 6.04 Å². The van der Waals surface area contributed by atoms with Crippen molar-refractivity contribution in [3.05, 3.63) is 0 Å². The Bertz CT molecular complexity index is 445. The number of hydrogen-bond acceptors (Lipinski definition) is 4. The molecular formula is C19H40ClN5O3. The third-order valence-corrected chi connectivity index (χ3v) is 3.42. The van der Waals surface area contributed by atoms with Gasteiger partial charge in [-0.15, -0.1) is 11.6 Å². The van der Waals surface area contributed by atoms with E-state index >= 15 is 0 Å². The molecule has 0 aromatic heterocycles. The van der Waals surface area contributed by atoms with E-state index in [4.69, 9.17) is 11.6 Å². The number of halogens is 1. The number of nitrogens with zero attached hydrogens (tertiary/aromatic N) is 1. The van der Waals surface area contributed by atoms with Gasteiger partial charge in [-0.2, -0.15) is 0 Å². The lowest BCUT2D eigenvalue weighted by Crippen LogP contribution is -2.49. The Kier molecular flexibility index (Phi) is 25.6. The predicted molar refractivity (Wildman–Crippen MR) is 118 cm³/mol. The second-order valence-electron chi connectivity index (χ2n) is 4.99. The molecule has 9 heteroatoms. The maximum absolute atomic E-state index is 11.7. The minimum absolute atomic E-state index is 0.0395. The highest BCUT2D eigenvalue weighted by atomic mass is 35.5. The van der Waals surface area contributed by atoms with Crippen molar-refractivity contribution in [2.24, 2.45) is 4.99 Å². The Labute approximate surface area is 175 Å². The SMILES string of the molecule is CC.CC.CCC(=O)NCCC(NC(=O)CC)C(=NC)NCCNC(=O)CCl. The Hall–Kier alpha value is -1.83. The van der Waals surface area contributed by atoms with Gasteiger partial charge in [-0.3, -0.25) is 19.4 Å². The summed E-state index contributed by atoms with van der Waals surface area (Å²) in [5, 5.41) is 11.4. The van der Waals surface area contributed by atoms with E-state index in [1.807, 2.05) is 27.7 Å². The van der Waals surface area contributed by atoms with E-state index in [-0.39, 0.29) is 29.6 Å². The summed E-state index contributed by atoms with van der Waals surface area (Å²) in [7, 11) is 1.62. The monoisotopic (exact) mass is 421 g/mol. The number of aliphatic imine (C=N–C) groups is 1. The second kappa shape index (κ2) is 23.2. The van der Waals surface area contributed by atoms with Crippen molar-refractivity contribution < 1.29 is 14.4 Å². The van der Waals surface area contributed by atoms with Crippen molar-refractivity contribution in [3.8, 4) is 0 Å². The summed E-state index contributed by atoms with van der Waals surface area (Å²) in [6.45, 7) is 12.8. The summed E-state index contributed by atoms with van der Waals surface area (Å²) in [5.41, 5.74) is 0. The highest BCUT2D eigenvalue weighted by Crippen LogP contribution is 1.96. The van der Waals surface area contributed by atoms with Crippen LogP contribution >= 0.6 is 11.6 Å². The summed E-state index contributed by atoms with van der Waals surface area (Å²) in [5.74, 6) is 0.137. The molecule has 1 unspecified atom stereocenters. The average molecular weight is 422 g/mol. The van der Waals surface area contributed by atoms with Crippen LogP contribution in [0.15, 0.2) is 4.99 Å². The molecule has 0 bridgehead atoms. The van der Waals surface area contributed by atoms with Gasteiger partial charge in [0.2, 0.25) is 17.7 Å². The van der Waals surface area contributed by atoms with Gasteiger partial charge in [-0.05, 0) is 6.42 Å². The molecule has 0 aliphatic rings. The molecule has 0 aliphatic carbocycles. The molecule has 0 aromatic rings. The first-order valence-corrected chi connectivity index (χ1v) is 10.6. The topological polar surface area (TPSA) is 112 Å². The molecule has 0 fully saturated rings. The minimum atomic E-state index is -0.330. The predicted octanol–water partition coefficient (Wildman–Crippen LogP) is 1.82. The number of carbonyl (C=O) groups excluding carboxylic acids is 3. The smallest absolute Gasteiger partial charge is 0.234 e. The number of amides is 3. The largest absolute Gasteiger partial charge is 0.370 e. The molecule has 0 rings (SSSR count). The molecule has 166 valence electrons. The standard InChI is InChI=1S/C15H28ClN5O3.2C2H6/c1-4-12(22)18-7-6-11(21-13(23)5-2)15(17-3)20-9-8-19-14(24)10-16;2*1-2/h11H,4-10H2,1-3H3,(H,17,20)(H,18,22)(H,19,24)(H,21,23);2*1-2H3. The third-order valence-electron chi connectivity index (χ3n) is 3.18. The Morgan fingerprint density at radius 1 is 0.821 bits per heavy atom. The van der Waals surface area contributed by atoms with Crippen LogP contribution in [0.3, 0.4) is 0 Å². The fraction of sp³-hybridized carbons (Fsp3) is 0.789. The van der Waals surface area contributed by atoms with Crippen molar-refractivity contribution in [2.45, 2.75) is 66.8 Å². The Balaban J connectivity index is -0.00000146. The molecule has 4 N–H and O–H groups in total. The number of nitrogens with one attached hydrogen (secondary N) is 4. The zero-order valence-corrected chi connectivity index (χ0v) is 19.3. The van der Waals surface area contributed by atoms with Crippen molar-refractivity contribution in [1.82, 2.24) is 21.3 Å². The van der Waals surface area contributed by atoms with Crippen molar-refractivity contribution >= 4 is 35.2 Å². The van der Waals surface area contributed by atoms with Crippen LogP contribution in [0.25, 0.3) is 0 Å². The first kappa shape index (κ1) is 30.9. The number of carbonyl (C=O) groups is 3. The van der Waals surface area contributed by atoms with Crippen LogP contribution in [0, 0.1) is 0 Å². The van der Waals surface area contributed by atoms with Crippen LogP contribution in [0.5, 0.6) is 0 Å². The van der Waals surface area contributed by atoms with E-state index in [0.29, 0.717) is 44.7 Å². The molecule has 0 saturated carbocycles. The van der Waals surface area contributed by atoms with Gasteiger partial charge in [0, 0.05) is 39.5 Å². The maximum Gasteiger partial charge on any atom is 0.234 e. The summed E-state index contributed by atoms with van der Waals surface area (Å²) in [6.07, 6.45) is 1.30. The van der Waals surface area contributed by atoms with Gasteiger partial charge >= 0.3 is 0 Å². The summed E-state index contributed by atoms with van der Waals surface area (Å²) in [4.78, 5) is 38.3. The van der Waals surface area contributed by atoms with Gasteiger partial charge in [-0.1, -0.05) is 41.5 Å². The van der Waals surface area contributed by atoms with Gasteiger partial charge < -0.3 is 21.3 Å². The molecule has 0 aromatic carbocycles. The van der Waals surface area contributed by atoms with Crippen LogP contribution in [0.4, 0.5) is 0 Å². The lowest BCUT2D eigenvalue weighted by molar-refractivity contribution is -0.121. The number of hydrogen-bond donors (Lipinski definition) is 4.